The molecule has 0 saturated carbocycles. The van der Waals surface area contributed by atoms with Crippen molar-refractivity contribution in [1.29, 1.82) is 0 Å². The molecule has 0 bridgehead atoms. The summed E-state index contributed by atoms with van der Waals surface area (Å²) >= 11 is 6.36. The van der Waals surface area contributed by atoms with Gasteiger partial charge >= 0.3 is 6.03 Å². The lowest BCUT2D eigenvalue weighted by atomic mass is 10.2. The minimum absolute atomic E-state index is 0.186. The maximum Gasteiger partial charge on any atom is 0.316 e. The maximum atomic E-state index is 13.0. The fourth-order valence-corrected chi connectivity index (χ4v) is 2.97. The van der Waals surface area contributed by atoms with Gasteiger partial charge in [-0.1, -0.05) is 23.7 Å². The largest absolute Gasteiger partial charge is 0.351 e. The van der Waals surface area contributed by atoms with Gasteiger partial charge in [0.2, 0.25) is 0 Å². The predicted octanol–water partition coefficient (Wildman–Crippen LogP) is 3.78. The van der Waals surface area contributed by atoms with Gasteiger partial charge in [0, 0.05) is 11.4 Å². The van der Waals surface area contributed by atoms with Crippen molar-refractivity contribution < 1.29 is 14.0 Å². The number of hydrogen-bond acceptors (Lipinski definition) is 3. The van der Waals surface area contributed by atoms with Gasteiger partial charge in [-0.15, -0.1) is 0 Å². The second-order valence-corrected chi connectivity index (χ2v) is 6.41. The summed E-state index contributed by atoms with van der Waals surface area (Å²) in [5, 5.41) is 9.66. The zero-order valence-electron chi connectivity index (χ0n) is 14.9. The lowest BCUT2D eigenvalue weighted by Gasteiger charge is -2.07. The molecule has 9 heteroatoms. The normalized spacial score (nSPS) is 10.5. The van der Waals surface area contributed by atoms with E-state index in [4.69, 9.17) is 17.3 Å². The summed E-state index contributed by atoms with van der Waals surface area (Å²) in [5.74, 6) is -0.743. The number of nitrogens with zero attached hydrogens (tertiary/aromatic N) is 2. The number of aromatic nitrogens is 2. The molecule has 1 aromatic heterocycles. The Bertz CT molecular complexity index is 1020. The van der Waals surface area contributed by atoms with Crippen LogP contribution in [0.25, 0.3) is 0 Å². The summed E-state index contributed by atoms with van der Waals surface area (Å²) < 4.78 is 14.5. The number of anilines is 2. The molecule has 0 unspecified atom stereocenters. The highest BCUT2D eigenvalue weighted by Crippen LogP contribution is 2.23. The van der Waals surface area contributed by atoms with E-state index in [1.165, 1.54) is 16.8 Å². The lowest BCUT2D eigenvalue weighted by molar-refractivity contribution is 0.102. The number of urea groups is 1. The topological polar surface area (TPSA) is 102 Å². The fourth-order valence-electron chi connectivity index (χ4n) is 2.65. The number of nitrogens with two attached hydrogens (primary N) is 1. The Labute approximate surface area is 165 Å². The van der Waals surface area contributed by atoms with Gasteiger partial charge in [-0.05, 0) is 48.9 Å². The third-order valence-electron chi connectivity index (χ3n) is 3.95. The minimum Gasteiger partial charge on any atom is -0.351 e. The van der Waals surface area contributed by atoms with E-state index in [2.05, 4.69) is 15.7 Å². The highest BCUT2D eigenvalue weighted by Gasteiger charge is 2.20. The van der Waals surface area contributed by atoms with Crippen LogP contribution in [0.4, 0.5) is 20.6 Å². The van der Waals surface area contributed by atoms with Crippen LogP contribution >= 0.6 is 11.6 Å². The van der Waals surface area contributed by atoms with Crippen LogP contribution in [-0.4, -0.2) is 21.7 Å². The molecule has 3 rings (SSSR count). The Kier molecular flexibility index (Phi) is 5.60. The van der Waals surface area contributed by atoms with Crippen LogP contribution < -0.4 is 16.4 Å². The quantitative estimate of drug-likeness (QED) is 0.606. The molecule has 0 atom stereocenters. The van der Waals surface area contributed by atoms with Crippen molar-refractivity contribution in [1.82, 2.24) is 9.78 Å². The van der Waals surface area contributed by atoms with E-state index < -0.39 is 11.9 Å². The molecule has 3 amide bonds. The lowest BCUT2D eigenvalue weighted by Crippen LogP contribution is -2.19. The van der Waals surface area contributed by atoms with E-state index in [0.29, 0.717) is 23.6 Å². The van der Waals surface area contributed by atoms with Gasteiger partial charge < -0.3 is 16.4 Å². The van der Waals surface area contributed by atoms with Crippen molar-refractivity contribution in [2.45, 2.75) is 13.5 Å². The second-order valence-electron chi connectivity index (χ2n) is 6.06. The molecular formula is C19H17ClFN5O2. The van der Waals surface area contributed by atoms with Crippen LogP contribution in [0.3, 0.4) is 0 Å². The first kappa shape index (κ1) is 19.4. The number of rotatable bonds is 5. The van der Waals surface area contributed by atoms with Crippen molar-refractivity contribution in [2.75, 3.05) is 10.6 Å². The molecule has 0 saturated heterocycles. The van der Waals surface area contributed by atoms with Crippen LogP contribution in [0.5, 0.6) is 0 Å². The number of carbonyl (C=O) groups is 2. The molecule has 0 aliphatic heterocycles. The zero-order valence-corrected chi connectivity index (χ0v) is 15.6. The summed E-state index contributed by atoms with van der Waals surface area (Å²) in [6.45, 7) is 1.99. The molecule has 7 nitrogen and oxygen atoms in total. The molecule has 0 aliphatic carbocycles. The third kappa shape index (κ3) is 4.47. The van der Waals surface area contributed by atoms with E-state index in [9.17, 15) is 14.0 Å². The number of carbonyl (C=O) groups excluding carboxylic acids is 2. The molecular weight excluding hydrogens is 385 g/mol. The van der Waals surface area contributed by atoms with Crippen molar-refractivity contribution in [3.8, 4) is 0 Å². The average molecular weight is 402 g/mol. The predicted molar refractivity (Wildman–Crippen MR) is 105 cm³/mol. The van der Waals surface area contributed by atoms with E-state index in [1.54, 1.807) is 43.3 Å². The molecule has 0 aliphatic rings. The Morgan fingerprint density at radius 3 is 2.21 bits per heavy atom. The van der Waals surface area contributed by atoms with Gasteiger partial charge in [-0.25, -0.2) is 13.9 Å². The molecule has 0 spiro atoms. The molecule has 1 heterocycles. The molecule has 2 aromatic carbocycles. The van der Waals surface area contributed by atoms with E-state index >= 15 is 0 Å². The summed E-state index contributed by atoms with van der Waals surface area (Å²) in [7, 11) is 0. The first-order chi connectivity index (χ1) is 13.3. The number of amides is 3. The van der Waals surface area contributed by atoms with Gasteiger partial charge in [-0.3, -0.25) is 4.79 Å². The molecule has 0 radical (unpaired) electrons. The SMILES string of the molecule is Cc1nn(Cc2ccc(F)cc2)c(Cl)c1C(=O)Nc1ccc(NC(N)=O)cc1. The Balaban J connectivity index is 1.75. The van der Waals surface area contributed by atoms with Crippen molar-refractivity contribution in [3.05, 3.63) is 76.3 Å². The number of primary amides is 1. The van der Waals surface area contributed by atoms with E-state index in [0.717, 1.165) is 5.56 Å². The zero-order chi connectivity index (χ0) is 20.3. The Hall–Kier alpha value is -3.39. The fraction of sp³-hybridized carbons (Fsp3) is 0.105. The maximum absolute atomic E-state index is 13.0. The van der Waals surface area contributed by atoms with Gasteiger partial charge in [0.15, 0.2) is 0 Å². The van der Waals surface area contributed by atoms with Crippen LogP contribution in [0.15, 0.2) is 48.5 Å². The summed E-state index contributed by atoms with van der Waals surface area (Å²) in [4.78, 5) is 23.5. The number of halogens is 2. The number of benzene rings is 2. The molecule has 4 N–H and O–H groups in total. The van der Waals surface area contributed by atoms with Crippen LogP contribution in [0.1, 0.15) is 21.6 Å². The molecule has 28 heavy (non-hydrogen) atoms. The number of hydrogen-bond donors (Lipinski definition) is 3. The summed E-state index contributed by atoms with van der Waals surface area (Å²) in [6.07, 6.45) is 0. The van der Waals surface area contributed by atoms with Crippen molar-refractivity contribution in [3.63, 3.8) is 0 Å². The summed E-state index contributed by atoms with van der Waals surface area (Å²) in [5.41, 5.74) is 7.60. The van der Waals surface area contributed by atoms with E-state index in [1.807, 2.05) is 0 Å². The monoisotopic (exact) mass is 401 g/mol. The molecule has 3 aromatic rings. The van der Waals surface area contributed by atoms with Crippen LogP contribution in [0, 0.1) is 12.7 Å². The van der Waals surface area contributed by atoms with Crippen molar-refractivity contribution >= 4 is 34.9 Å². The van der Waals surface area contributed by atoms with Gasteiger partial charge in [0.05, 0.1) is 17.8 Å². The molecule has 0 fully saturated rings. The third-order valence-corrected chi connectivity index (χ3v) is 4.33. The first-order valence-corrected chi connectivity index (χ1v) is 8.66. The van der Waals surface area contributed by atoms with Gasteiger partial charge in [0.25, 0.3) is 5.91 Å². The minimum atomic E-state index is -0.673. The van der Waals surface area contributed by atoms with Crippen LogP contribution in [0.2, 0.25) is 5.15 Å². The van der Waals surface area contributed by atoms with E-state index in [-0.39, 0.29) is 16.5 Å². The highest BCUT2D eigenvalue weighted by molar-refractivity contribution is 6.33. The number of nitrogens with one attached hydrogen (secondary N) is 2. The summed E-state index contributed by atoms with van der Waals surface area (Å²) in [6, 6.07) is 11.7. The van der Waals surface area contributed by atoms with Gasteiger partial charge in [-0.2, -0.15) is 5.10 Å². The van der Waals surface area contributed by atoms with Crippen molar-refractivity contribution in [2.24, 2.45) is 5.73 Å². The average Bonchev–Trinajstić information content (AvgIpc) is 2.91. The second kappa shape index (κ2) is 8.10. The first-order valence-electron chi connectivity index (χ1n) is 8.28. The Morgan fingerprint density at radius 1 is 1.07 bits per heavy atom. The molecule has 144 valence electrons. The number of aryl methyl sites for hydroxylation is 1. The highest BCUT2D eigenvalue weighted by atomic mass is 35.5. The van der Waals surface area contributed by atoms with Gasteiger partial charge in [0.1, 0.15) is 11.0 Å². The Morgan fingerprint density at radius 2 is 1.64 bits per heavy atom. The smallest absolute Gasteiger partial charge is 0.316 e. The van der Waals surface area contributed by atoms with Crippen LogP contribution in [-0.2, 0) is 6.54 Å². The standard InChI is InChI=1S/C19H17ClFN5O2/c1-11-16(17(20)26(25-11)10-12-2-4-13(21)5-3-12)18(27)23-14-6-8-15(9-7-14)24-19(22)28/h2-9H,10H2,1H3,(H,23,27)(H3,22,24,28).